The molecule has 8 nitrogen and oxygen atoms in total. The number of aliphatic hydroxyl groups excluding tert-OH is 1. The van der Waals surface area contributed by atoms with Crippen molar-refractivity contribution in [3.8, 4) is 17.2 Å². The maximum Gasteiger partial charge on any atom is 0.573 e. The van der Waals surface area contributed by atoms with Crippen LogP contribution in [0.5, 0.6) is 17.2 Å². The second-order valence-electron chi connectivity index (χ2n) is 7.54. The largest absolute Gasteiger partial charge is 0.573 e. The number of carbonyl (C=O) groups excluding carboxylic acids is 2. The van der Waals surface area contributed by atoms with Crippen LogP contribution >= 0.6 is 0 Å². The Kier molecular flexibility index (Phi) is 6.56. The molecule has 1 unspecified atom stereocenters. The van der Waals surface area contributed by atoms with Crippen LogP contribution in [-0.4, -0.2) is 42.4 Å². The van der Waals surface area contributed by atoms with E-state index in [1.54, 1.807) is 12.1 Å². The summed E-state index contributed by atoms with van der Waals surface area (Å²) in [5.74, 6) is -2.66. The summed E-state index contributed by atoms with van der Waals surface area (Å²) in [5.41, 5.74) is -0.0705. The number of rotatable bonds is 6. The van der Waals surface area contributed by atoms with Crippen LogP contribution < -0.4 is 19.1 Å². The van der Waals surface area contributed by atoms with E-state index in [9.17, 15) is 27.9 Å². The Morgan fingerprint density at radius 1 is 0.972 bits per heavy atom. The lowest BCUT2D eigenvalue weighted by Gasteiger charge is -2.25. The standard InChI is InChI=1S/C25H19F3N2O6/c1-34-15-9-10-17(19(13-15)35-2)22(31)20-21(18-8-3-4-11-29-18)30(24(33)23(20)32)14-6-5-7-16(12-14)36-25(26,27)28/h3-13,21,31H,1-2H3/b22-20-. The van der Waals surface area contributed by atoms with E-state index in [0.29, 0.717) is 5.75 Å². The highest BCUT2D eigenvalue weighted by molar-refractivity contribution is 6.51. The van der Waals surface area contributed by atoms with E-state index >= 15 is 0 Å². The van der Waals surface area contributed by atoms with Crippen molar-refractivity contribution in [3.63, 3.8) is 0 Å². The van der Waals surface area contributed by atoms with Crippen molar-refractivity contribution < 1.29 is 42.1 Å². The fourth-order valence-corrected chi connectivity index (χ4v) is 3.89. The maximum absolute atomic E-state index is 13.2. The first-order chi connectivity index (χ1) is 17.1. The van der Waals surface area contributed by atoms with Gasteiger partial charge in [0.2, 0.25) is 0 Å². The number of hydrogen-bond acceptors (Lipinski definition) is 7. The Morgan fingerprint density at radius 2 is 1.75 bits per heavy atom. The zero-order valence-corrected chi connectivity index (χ0v) is 18.9. The molecule has 3 aromatic rings. The van der Waals surface area contributed by atoms with E-state index in [4.69, 9.17) is 9.47 Å². The number of Topliss-reactive ketones (excluding diaryl/α,β-unsaturated/α-hetero) is 1. The van der Waals surface area contributed by atoms with Gasteiger partial charge >= 0.3 is 6.36 Å². The van der Waals surface area contributed by atoms with Gasteiger partial charge < -0.3 is 19.3 Å². The third kappa shape index (κ3) is 4.67. The van der Waals surface area contributed by atoms with E-state index < -0.39 is 35.6 Å². The molecule has 11 heteroatoms. The minimum Gasteiger partial charge on any atom is -0.507 e. The average molecular weight is 500 g/mol. The predicted octanol–water partition coefficient (Wildman–Crippen LogP) is 4.62. The van der Waals surface area contributed by atoms with Crippen LogP contribution in [0, 0.1) is 0 Å². The number of anilines is 1. The molecule has 0 bridgehead atoms. The number of alkyl halides is 3. The first kappa shape index (κ1) is 24.6. The van der Waals surface area contributed by atoms with Crippen LogP contribution in [0.3, 0.4) is 0 Å². The van der Waals surface area contributed by atoms with Gasteiger partial charge in [0.15, 0.2) is 0 Å². The van der Waals surface area contributed by atoms with E-state index in [1.165, 1.54) is 56.8 Å². The highest BCUT2D eigenvalue weighted by atomic mass is 19.4. The zero-order chi connectivity index (χ0) is 26.0. The van der Waals surface area contributed by atoms with Gasteiger partial charge in [-0.1, -0.05) is 12.1 Å². The van der Waals surface area contributed by atoms with Gasteiger partial charge in [-0.2, -0.15) is 0 Å². The fraction of sp³-hybridized carbons (Fsp3) is 0.160. The minimum absolute atomic E-state index is 0.0600. The third-order valence-corrected chi connectivity index (χ3v) is 5.41. The van der Waals surface area contributed by atoms with Crippen LogP contribution in [-0.2, 0) is 9.59 Å². The zero-order valence-electron chi connectivity index (χ0n) is 18.9. The summed E-state index contributed by atoms with van der Waals surface area (Å²) < 4.78 is 52.8. The Bertz CT molecular complexity index is 1340. The monoisotopic (exact) mass is 500 g/mol. The molecule has 2 heterocycles. The van der Waals surface area contributed by atoms with Gasteiger partial charge in [0.1, 0.15) is 29.0 Å². The van der Waals surface area contributed by atoms with E-state index in [0.717, 1.165) is 17.0 Å². The number of aromatic nitrogens is 1. The molecule has 1 aliphatic rings. The average Bonchev–Trinajstić information content (AvgIpc) is 3.13. The molecule has 0 radical (unpaired) electrons. The van der Waals surface area contributed by atoms with Crippen molar-refractivity contribution in [2.24, 2.45) is 0 Å². The number of pyridine rings is 1. The highest BCUT2D eigenvalue weighted by Gasteiger charge is 2.48. The summed E-state index contributed by atoms with van der Waals surface area (Å²) in [6, 6.07) is 12.6. The van der Waals surface area contributed by atoms with Gasteiger partial charge in [-0.25, -0.2) is 0 Å². The molecule has 1 aromatic heterocycles. The normalized spacial score (nSPS) is 17.2. The molecule has 1 atom stereocenters. The number of carbonyl (C=O) groups is 2. The molecule has 186 valence electrons. The molecule has 0 aliphatic carbocycles. The Hall–Kier alpha value is -4.54. The van der Waals surface area contributed by atoms with Crippen LogP contribution in [0.1, 0.15) is 17.3 Å². The number of benzene rings is 2. The summed E-state index contributed by atoms with van der Waals surface area (Å²) in [6.45, 7) is 0. The SMILES string of the molecule is COc1ccc(/C(O)=C2/C(=O)C(=O)N(c3cccc(OC(F)(F)F)c3)C2c2ccccn2)c(OC)c1. The van der Waals surface area contributed by atoms with Gasteiger partial charge in [-0.05, 0) is 36.4 Å². The second-order valence-corrected chi connectivity index (χ2v) is 7.54. The second kappa shape index (κ2) is 9.61. The number of hydrogen-bond donors (Lipinski definition) is 1. The van der Waals surface area contributed by atoms with Gasteiger partial charge in [0, 0.05) is 24.0 Å². The number of amides is 1. The molecule has 1 aliphatic heterocycles. The smallest absolute Gasteiger partial charge is 0.507 e. The molecular weight excluding hydrogens is 481 g/mol. The Labute approximate surface area is 203 Å². The minimum atomic E-state index is -4.96. The van der Waals surface area contributed by atoms with Gasteiger partial charge in [0.25, 0.3) is 11.7 Å². The highest BCUT2D eigenvalue weighted by Crippen LogP contribution is 2.43. The summed E-state index contributed by atoms with van der Waals surface area (Å²) in [4.78, 5) is 31.6. The first-order valence-corrected chi connectivity index (χ1v) is 10.4. The quantitative estimate of drug-likeness (QED) is 0.300. The van der Waals surface area contributed by atoms with Gasteiger partial charge in [-0.3, -0.25) is 19.5 Å². The number of aliphatic hydroxyl groups is 1. The summed E-state index contributed by atoms with van der Waals surface area (Å²) >= 11 is 0. The van der Waals surface area contributed by atoms with Crippen LogP contribution in [0.4, 0.5) is 18.9 Å². The first-order valence-electron chi connectivity index (χ1n) is 10.4. The van der Waals surface area contributed by atoms with Crippen LogP contribution in [0.2, 0.25) is 0 Å². The lowest BCUT2D eigenvalue weighted by atomic mass is 9.97. The molecule has 1 fully saturated rings. The summed E-state index contributed by atoms with van der Waals surface area (Å²) in [7, 11) is 2.80. The number of ether oxygens (including phenoxy) is 3. The molecule has 0 spiro atoms. The number of halogens is 3. The van der Waals surface area contributed by atoms with Crippen LogP contribution in [0.15, 0.2) is 72.4 Å². The predicted molar refractivity (Wildman–Crippen MR) is 122 cm³/mol. The molecule has 36 heavy (non-hydrogen) atoms. The van der Waals surface area contributed by atoms with E-state index in [-0.39, 0.29) is 28.3 Å². The maximum atomic E-state index is 13.2. The molecule has 1 saturated heterocycles. The van der Waals surface area contributed by atoms with Crippen molar-refractivity contribution >= 4 is 23.1 Å². The van der Waals surface area contributed by atoms with E-state index in [2.05, 4.69) is 9.72 Å². The van der Waals surface area contributed by atoms with E-state index in [1.807, 2.05) is 0 Å². The topological polar surface area (TPSA) is 98.2 Å². The molecular formula is C25H19F3N2O6. The lowest BCUT2D eigenvalue weighted by molar-refractivity contribution is -0.274. The van der Waals surface area contributed by atoms with Crippen molar-refractivity contribution in [3.05, 3.63) is 83.7 Å². The van der Waals surface area contributed by atoms with Gasteiger partial charge in [-0.15, -0.1) is 13.2 Å². The molecule has 0 saturated carbocycles. The van der Waals surface area contributed by atoms with Crippen molar-refractivity contribution in [2.75, 3.05) is 19.1 Å². The summed E-state index contributed by atoms with van der Waals surface area (Å²) in [6.07, 6.45) is -3.54. The molecule has 2 aromatic carbocycles. The number of ketones is 1. The Morgan fingerprint density at radius 3 is 2.39 bits per heavy atom. The van der Waals surface area contributed by atoms with Crippen LogP contribution in [0.25, 0.3) is 5.76 Å². The third-order valence-electron chi connectivity index (χ3n) is 5.41. The Balaban J connectivity index is 1.91. The molecule has 1 N–H and O–H groups in total. The molecule has 4 rings (SSSR count). The van der Waals surface area contributed by atoms with Gasteiger partial charge in [0.05, 0.1) is 31.1 Å². The van der Waals surface area contributed by atoms with Crippen molar-refractivity contribution in [1.82, 2.24) is 4.98 Å². The number of methoxy groups -OCH3 is 2. The number of nitrogens with zero attached hydrogens (tertiary/aromatic N) is 2. The fourth-order valence-electron chi connectivity index (χ4n) is 3.89. The van der Waals surface area contributed by atoms with Crippen molar-refractivity contribution in [2.45, 2.75) is 12.4 Å². The summed E-state index contributed by atoms with van der Waals surface area (Å²) in [5, 5.41) is 11.2. The molecule has 1 amide bonds. The van der Waals surface area contributed by atoms with Crippen molar-refractivity contribution in [1.29, 1.82) is 0 Å². The lowest BCUT2D eigenvalue weighted by Crippen LogP contribution is -2.30.